The molecule has 1 aromatic rings. The van der Waals surface area contributed by atoms with E-state index in [1.807, 2.05) is 0 Å². The molecule has 1 amide bonds. The summed E-state index contributed by atoms with van der Waals surface area (Å²) in [6.07, 6.45) is -0.281. The average molecular weight is 193 g/mol. The Bertz CT molecular complexity index is 349. The highest BCUT2D eigenvalue weighted by Crippen LogP contribution is 2.08. The van der Waals surface area contributed by atoms with Crippen LogP contribution in [0.15, 0.2) is 24.3 Å². The fourth-order valence-corrected chi connectivity index (χ4v) is 1.12. The molecule has 0 bridgehead atoms. The van der Waals surface area contributed by atoms with Gasteiger partial charge in [0.05, 0.1) is 0 Å². The third kappa shape index (κ3) is 2.32. The first-order valence-electron chi connectivity index (χ1n) is 4.12. The first-order chi connectivity index (χ1) is 6.65. The van der Waals surface area contributed by atoms with Crippen LogP contribution in [0.3, 0.4) is 0 Å². The number of carbonyl (C=O) groups is 2. The molecular weight excluding hydrogens is 182 g/mol. The van der Waals surface area contributed by atoms with Crippen molar-refractivity contribution in [2.24, 2.45) is 0 Å². The topological polar surface area (TPSA) is 57.6 Å². The van der Waals surface area contributed by atoms with Gasteiger partial charge >= 0.3 is 6.09 Å². The lowest BCUT2D eigenvalue weighted by Crippen LogP contribution is -2.24. The third-order valence-electron chi connectivity index (χ3n) is 1.92. The fourth-order valence-electron chi connectivity index (χ4n) is 1.12. The van der Waals surface area contributed by atoms with Crippen molar-refractivity contribution >= 4 is 12.4 Å². The van der Waals surface area contributed by atoms with Gasteiger partial charge in [0, 0.05) is 19.2 Å². The molecule has 0 atom stereocenters. The number of amides is 1. The van der Waals surface area contributed by atoms with E-state index in [-0.39, 0.29) is 6.54 Å². The third-order valence-corrected chi connectivity index (χ3v) is 1.92. The minimum absolute atomic E-state index is 0.226. The number of carbonyl (C=O) groups excluding carboxylic acids is 1. The quantitative estimate of drug-likeness (QED) is 0.742. The van der Waals surface area contributed by atoms with Crippen molar-refractivity contribution in [3.63, 3.8) is 0 Å². The number of aldehydes is 1. The molecule has 1 N–H and O–H groups in total. The van der Waals surface area contributed by atoms with E-state index in [9.17, 15) is 9.59 Å². The lowest BCUT2D eigenvalue weighted by molar-refractivity contribution is 0.112. The highest BCUT2D eigenvalue weighted by molar-refractivity contribution is 5.77. The highest BCUT2D eigenvalue weighted by Gasteiger charge is 2.08. The predicted octanol–water partition coefficient (Wildman–Crippen LogP) is 1.61. The molecule has 0 saturated heterocycles. The number of carboxylic acid groups (broad SMARTS) is 1. The second-order valence-corrected chi connectivity index (χ2v) is 2.96. The van der Waals surface area contributed by atoms with Gasteiger partial charge in [-0.1, -0.05) is 24.3 Å². The maximum atomic E-state index is 10.6. The van der Waals surface area contributed by atoms with Crippen molar-refractivity contribution < 1.29 is 14.7 Å². The van der Waals surface area contributed by atoms with Gasteiger partial charge in [-0.2, -0.15) is 0 Å². The molecular formula is C10H11NO3. The zero-order valence-electron chi connectivity index (χ0n) is 7.80. The number of rotatable bonds is 3. The summed E-state index contributed by atoms with van der Waals surface area (Å²) < 4.78 is 0. The average Bonchev–Trinajstić information content (AvgIpc) is 2.18. The Morgan fingerprint density at radius 3 is 2.71 bits per heavy atom. The Kier molecular flexibility index (Phi) is 3.23. The summed E-state index contributed by atoms with van der Waals surface area (Å²) in [5.74, 6) is 0. The number of benzene rings is 1. The maximum Gasteiger partial charge on any atom is 0.407 e. The van der Waals surface area contributed by atoms with E-state index in [0.29, 0.717) is 11.1 Å². The molecule has 0 unspecified atom stereocenters. The van der Waals surface area contributed by atoms with Gasteiger partial charge in [0.1, 0.15) is 6.29 Å². The largest absolute Gasteiger partial charge is 0.465 e. The van der Waals surface area contributed by atoms with Crippen molar-refractivity contribution in [3.8, 4) is 0 Å². The normalized spacial score (nSPS) is 9.50. The molecule has 0 spiro atoms. The lowest BCUT2D eigenvalue weighted by Gasteiger charge is -2.13. The lowest BCUT2D eigenvalue weighted by atomic mass is 10.1. The Morgan fingerprint density at radius 2 is 2.14 bits per heavy atom. The second-order valence-electron chi connectivity index (χ2n) is 2.96. The summed E-state index contributed by atoms with van der Waals surface area (Å²) in [5.41, 5.74) is 1.24. The van der Waals surface area contributed by atoms with Crippen LogP contribution in [0.5, 0.6) is 0 Å². The molecule has 0 aromatic heterocycles. The molecule has 4 heteroatoms. The van der Waals surface area contributed by atoms with Crippen LogP contribution in [0.1, 0.15) is 15.9 Å². The monoisotopic (exact) mass is 193 g/mol. The van der Waals surface area contributed by atoms with Crippen LogP contribution >= 0.6 is 0 Å². The molecule has 0 aliphatic heterocycles. The maximum absolute atomic E-state index is 10.6. The first kappa shape index (κ1) is 10.2. The zero-order chi connectivity index (χ0) is 10.6. The number of hydrogen-bond donors (Lipinski definition) is 1. The van der Waals surface area contributed by atoms with Crippen LogP contribution in [0.25, 0.3) is 0 Å². The van der Waals surface area contributed by atoms with Crippen molar-refractivity contribution in [1.82, 2.24) is 4.90 Å². The molecule has 0 aliphatic carbocycles. The van der Waals surface area contributed by atoms with E-state index >= 15 is 0 Å². The van der Waals surface area contributed by atoms with E-state index in [1.165, 1.54) is 7.05 Å². The summed E-state index contributed by atoms with van der Waals surface area (Å²) in [7, 11) is 1.46. The van der Waals surface area contributed by atoms with Gasteiger partial charge < -0.3 is 10.0 Å². The minimum atomic E-state index is -1.01. The SMILES string of the molecule is CN(Cc1ccccc1C=O)C(=O)O. The van der Waals surface area contributed by atoms with Crippen LogP contribution < -0.4 is 0 Å². The van der Waals surface area contributed by atoms with E-state index < -0.39 is 6.09 Å². The van der Waals surface area contributed by atoms with Gasteiger partial charge in [0.25, 0.3) is 0 Å². The zero-order valence-corrected chi connectivity index (χ0v) is 7.80. The Labute approximate surface area is 81.8 Å². The number of hydrogen-bond acceptors (Lipinski definition) is 2. The Morgan fingerprint density at radius 1 is 1.50 bits per heavy atom. The first-order valence-corrected chi connectivity index (χ1v) is 4.12. The predicted molar refractivity (Wildman–Crippen MR) is 51.3 cm³/mol. The second kappa shape index (κ2) is 4.41. The Balaban J connectivity index is 2.85. The molecule has 14 heavy (non-hydrogen) atoms. The molecule has 74 valence electrons. The van der Waals surface area contributed by atoms with Crippen molar-refractivity contribution in [2.75, 3.05) is 7.05 Å². The van der Waals surface area contributed by atoms with Gasteiger partial charge in [-0.3, -0.25) is 4.79 Å². The van der Waals surface area contributed by atoms with Crippen molar-refractivity contribution in [1.29, 1.82) is 0 Å². The van der Waals surface area contributed by atoms with Crippen LogP contribution in [0.2, 0.25) is 0 Å². The standard InChI is InChI=1S/C10H11NO3/c1-11(10(13)14)6-8-4-2-3-5-9(8)7-12/h2-5,7H,6H2,1H3,(H,13,14). The summed E-state index contributed by atoms with van der Waals surface area (Å²) >= 11 is 0. The van der Waals surface area contributed by atoms with Crippen LogP contribution in [0, 0.1) is 0 Å². The van der Waals surface area contributed by atoms with Gasteiger partial charge in [-0.25, -0.2) is 4.79 Å². The van der Waals surface area contributed by atoms with E-state index in [4.69, 9.17) is 5.11 Å². The van der Waals surface area contributed by atoms with Gasteiger partial charge in [0.2, 0.25) is 0 Å². The highest BCUT2D eigenvalue weighted by atomic mass is 16.4. The van der Waals surface area contributed by atoms with Gasteiger partial charge in [-0.05, 0) is 5.56 Å². The summed E-state index contributed by atoms with van der Waals surface area (Å²) in [6, 6.07) is 6.92. The molecule has 0 aliphatic rings. The van der Waals surface area contributed by atoms with E-state index in [0.717, 1.165) is 11.2 Å². The van der Waals surface area contributed by atoms with E-state index in [1.54, 1.807) is 24.3 Å². The molecule has 0 fully saturated rings. The van der Waals surface area contributed by atoms with Crippen LogP contribution in [-0.2, 0) is 6.54 Å². The minimum Gasteiger partial charge on any atom is -0.465 e. The molecule has 0 heterocycles. The summed E-state index contributed by atoms with van der Waals surface area (Å²) in [4.78, 5) is 22.3. The van der Waals surface area contributed by atoms with Crippen molar-refractivity contribution in [3.05, 3.63) is 35.4 Å². The van der Waals surface area contributed by atoms with E-state index in [2.05, 4.69) is 0 Å². The van der Waals surface area contributed by atoms with Crippen molar-refractivity contribution in [2.45, 2.75) is 6.54 Å². The Hall–Kier alpha value is -1.84. The van der Waals surface area contributed by atoms with Crippen LogP contribution in [0.4, 0.5) is 4.79 Å². The number of nitrogens with zero attached hydrogens (tertiary/aromatic N) is 1. The smallest absolute Gasteiger partial charge is 0.407 e. The molecule has 1 rings (SSSR count). The molecule has 0 saturated carbocycles. The molecule has 0 radical (unpaired) electrons. The summed E-state index contributed by atoms with van der Waals surface area (Å²) in [6.45, 7) is 0.226. The van der Waals surface area contributed by atoms with Crippen LogP contribution in [-0.4, -0.2) is 29.4 Å². The van der Waals surface area contributed by atoms with Gasteiger partial charge in [0.15, 0.2) is 0 Å². The summed E-state index contributed by atoms with van der Waals surface area (Å²) in [5, 5.41) is 8.64. The molecule has 1 aromatic carbocycles. The fraction of sp³-hybridized carbons (Fsp3) is 0.200. The molecule has 4 nitrogen and oxygen atoms in total. The van der Waals surface area contributed by atoms with Gasteiger partial charge in [-0.15, -0.1) is 0 Å².